The second-order valence-electron chi connectivity index (χ2n) is 3.73. The van der Waals surface area contributed by atoms with Gasteiger partial charge in [0.1, 0.15) is 6.42 Å². The zero-order chi connectivity index (χ0) is 13.2. The third-order valence-electron chi connectivity index (χ3n) is 2.35. The van der Waals surface area contributed by atoms with Crippen LogP contribution in [0.25, 0.3) is 5.69 Å². The van der Waals surface area contributed by atoms with E-state index in [2.05, 4.69) is 4.98 Å². The number of carbonyl (C=O) groups is 1. The Balaban J connectivity index is 2.15. The Morgan fingerprint density at radius 2 is 1.89 bits per heavy atom. The first-order valence-corrected chi connectivity index (χ1v) is 5.14. The minimum absolute atomic E-state index is 0.0520. The molecule has 0 aliphatic carbocycles. The van der Waals surface area contributed by atoms with Gasteiger partial charge in [0.15, 0.2) is 5.78 Å². The van der Waals surface area contributed by atoms with Crippen LogP contribution in [0, 0.1) is 0 Å². The van der Waals surface area contributed by atoms with Crippen LogP contribution in [-0.2, 0) is 0 Å². The molecule has 0 saturated carbocycles. The van der Waals surface area contributed by atoms with Gasteiger partial charge in [0.25, 0.3) is 0 Å². The molecule has 18 heavy (non-hydrogen) atoms. The molecule has 3 nitrogen and oxygen atoms in total. The standard InChI is InChI=1S/C12H9F3N2O/c13-12(14,15)7-11(18)9-1-3-10(4-2-9)17-6-5-16-8-17/h1-6,8H,7H2. The molecule has 0 N–H and O–H groups in total. The summed E-state index contributed by atoms with van der Waals surface area (Å²) in [6.45, 7) is 0. The Morgan fingerprint density at radius 3 is 2.39 bits per heavy atom. The number of hydrogen-bond acceptors (Lipinski definition) is 2. The van der Waals surface area contributed by atoms with Crippen LogP contribution in [0.15, 0.2) is 43.0 Å². The average molecular weight is 254 g/mol. The molecule has 2 rings (SSSR count). The fraction of sp³-hybridized carbons (Fsp3) is 0.167. The van der Waals surface area contributed by atoms with E-state index in [1.54, 1.807) is 35.4 Å². The van der Waals surface area contributed by atoms with Gasteiger partial charge in [0.05, 0.1) is 6.33 Å². The molecule has 0 atom stereocenters. The van der Waals surface area contributed by atoms with Crippen LogP contribution in [0.1, 0.15) is 16.8 Å². The Bertz CT molecular complexity index is 529. The topological polar surface area (TPSA) is 34.9 Å². The molecule has 0 spiro atoms. The van der Waals surface area contributed by atoms with E-state index >= 15 is 0 Å². The number of imidazole rings is 1. The summed E-state index contributed by atoms with van der Waals surface area (Å²) in [5, 5.41) is 0. The summed E-state index contributed by atoms with van der Waals surface area (Å²) in [5.41, 5.74) is 0.784. The van der Waals surface area contributed by atoms with Gasteiger partial charge in [-0.3, -0.25) is 4.79 Å². The van der Waals surface area contributed by atoms with E-state index in [1.165, 1.54) is 12.1 Å². The van der Waals surface area contributed by atoms with Gasteiger partial charge in [-0.2, -0.15) is 13.2 Å². The zero-order valence-corrected chi connectivity index (χ0v) is 9.19. The Hall–Kier alpha value is -2.11. The average Bonchev–Trinajstić information content (AvgIpc) is 2.80. The van der Waals surface area contributed by atoms with Crippen molar-refractivity contribution in [3.63, 3.8) is 0 Å². The highest BCUT2D eigenvalue weighted by atomic mass is 19.4. The van der Waals surface area contributed by atoms with Gasteiger partial charge >= 0.3 is 6.18 Å². The van der Waals surface area contributed by atoms with Crippen LogP contribution in [0.4, 0.5) is 13.2 Å². The number of aromatic nitrogens is 2. The minimum atomic E-state index is -4.47. The number of benzene rings is 1. The van der Waals surface area contributed by atoms with Gasteiger partial charge in [0, 0.05) is 23.6 Å². The van der Waals surface area contributed by atoms with Crippen molar-refractivity contribution in [3.8, 4) is 5.69 Å². The predicted octanol–water partition coefficient (Wildman–Crippen LogP) is 3.01. The molecule has 2 aromatic rings. The summed E-state index contributed by atoms with van der Waals surface area (Å²) in [7, 11) is 0. The van der Waals surface area contributed by atoms with E-state index in [0.29, 0.717) is 0 Å². The molecule has 1 aromatic heterocycles. The first kappa shape index (κ1) is 12.3. The number of carbonyl (C=O) groups excluding carboxylic acids is 1. The van der Waals surface area contributed by atoms with E-state index < -0.39 is 18.4 Å². The third-order valence-corrected chi connectivity index (χ3v) is 2.35. The second kappa shape index (κ2) is 4.64. The molecule has 0 saturated heterocycles. The van der Waals surface area contributed by atoms with Crippen LogP contribution < -0.4 is 0 Å². The van der Waals surface area contributed by atoms with E-state index in [0.717, 1.165) is 5.69 Å². The molecular weight excluding hydrogens is 245 g/mol. The third kappa shape index (κ3) is 2.97. The highest BCUT2D eigenvalue weighted by molar-refractivity contribution is 5.96. The molecular formula is C12H9F3N2O. The quantitative estimate of drug-likeness (QED) is 0.789. The summed E-state index contributed by atoms with van der Waals surface area (Å²) < 4.78 is 37.9. The summed E-state index contributed by atoms with van der Waals surface area (Å²) >= 11 is 0. The number of rotatable bonds is 3. The van der Waals surface area contributed by atoms with Crippen molar-refractivity contribution in [2.75, 3.05) is 0 Å². The summed E-state index contributed by atoms with van der Waals surface area (Å²) in [4.78, 5) is 15.2. The van der Waals surface area contributed by atoms with E-state index in [4.69, 9.17) is 0 Å². The van der Waals surface area contributed by atoms with Crippen molar-refractivity contribution in [1.29, 1.82) is 0 Å². The van der Waals surface area contributed by atoms with Crippen LogP contribution in [0.5, 0.6) is 0 Å². The molecule has 94 valence electrons. The SMILES string of the molecule is O=C(CC(F)(F)F)c1ccc(-n2ccnc2)cc1. The van der Waals surface area contributed by atoms with E-state index in [9.17, 15) is 18.0 Å². The smallest absolute Gasteiger partial charge is 0.306 e. The summed E-state index contributed by atoms with van der Waals surface area (Å²) in [6.07, 6.45) is -1.06. The predicted molar refractivity (Wildman–Crippen MR) is 58.6 cm³/mol. The molecule has 0 unspecified atom stereocenters. The lowest BCUT2D eigenvalue weighted by Crippen LogP contribution is -2.14. The van der Waals surface area contributed by atoms with Gasteiger partial charge in [-0.15, -0.1) is 0 Å². The molecule has 0 radical (unpaired) electrons. The van der Waals surface area contributed by atoms with Gasteiger partial charge in [-0.05, 0) is 24.3 Å². The molecule has 0 bridgehead atoms. The molecule has 0 amide bonds. The number of ketones is 1. The molecule has 1 heterocycles. The fourth-order valence-corrected chi connectivity index (χ4v) is 1.52. The molecule has 0 aliphatic rings. The van der Waals surface area contributed by atoms with Gasteiger partial charge in [0.2, 0.25) is 0 Å². The highest BCUT2D eigenvalue weighted by Gasteiger charge is 2.31. The Labute approximate surface area is 101 Å². The van der Waals surface area contributed by atoms with Gasteiger partial charge < -0.3 is 4.57 Å². The zero-order valence-electron chi connectivity index (χ0n) is 9.19. The summed E-state index contributed by atoms with van der Waals surface area (Å²) in [6, 6.07) is 5.91. The lowest BCUT2D eigenvalue weighted by molar-refractivity contribution is -0.125. The molecule has 0 fully saturated rings. The monoisotopic (exact) mass is 254 g/mol. The number of alkyl halides is 3. The number of halogens is 3. The maximum Gasteiger partial charge on any atom is 0.396 e. The van der Waals surface area contributed by atoms with Crippen molar-refractivity contribution in [1.82, 2.24) is 9.55 Å². The van der Waals surface area contributed by atoms with Crippen molar-refractivity contribution in [3.05, 3.63) is 48.5 Å². The van der Waals surface area contributed by atoms with Crippen LogP contribution in [-0.4, -0.2) is 21.5 Å². The first-order valence-electron chi connectivity index (χ1n) is 5.14. The maximum atomic E-state index is 12.1. The summed E-state index contributed by atoms with van der Waals surface area (Å²) in [5.74, 6) is -0.931. The van der Waals surface area contributed by atoms with Crippen LogP contribution in [0.3, 0.4) is 0 Å². The highest BCUT2D eigenvalue weighted by Crippen LogP contribution is 2.22. The van der Waals surface area contributed by atoms with Gasteiger partial charge in [-0.25, -0.2) is 4.98 Å². The van der Waals surface area contributed by atoms with Crippen molar-refractivity contribution in [2.45, 2.75) is 12.6 Å². The van der Waals surface area contributed by atoms with Crippen LogP contribution >= 0.6 is 0 Å². The maximum absolute atomic E-state index is 12.1. The van der Waals surface area contributed by atoms with Crippen molar-refractivity contribution < 1.29 is 18.0 Å². The molecule has 1 aromatic carbocycles. The lowest BCUT2D eigenvalue weighted by Gasteiger charge is -2.06. The second-order valence-corrected chi connectivity index (χ2v) is 3.73. The van der Waals surface area contributed by atoms with E-state index in [-0.39, 0.29) is 5.56 Å². The number of Topliss-reactive ketones (excluding diaryl/α,β-unsaturated/α-hetero) is 1. The minimum Gasteiger partial charge on any atom is -0.306 e. The largest absolute Gasteiger partial charge is 0.396 e. The Morgan fingerprint density at radius 1 is 1.22 bits per heavy atom. The van der Waals surface area contributed by atoms with Gasteiger partial charge in [-0.1, -0.05) is 0 Å². The fourth-order valence-electron chi connectivity index (χ4n) is 1.52. The normalized spacial score (nSPS) is 11.5. The molecule has 6 heteroatoms. The number of hydrogen-bond donors (Lipinski definition) is 0. The van der Waals surface area contributed by atoms with E-state index in [1.807, 2.05) is 0 Å². The van der Waals surface area contributed by atoms with Crippen molar-refractivity contribution >= 4 is 5.78 Å². The first-order chi connectivity index (χ1) is 8.46. The van der Waals surface area contributed by atoms with Crippen molar-refractivity contribution in [2.24, 2.45) is 0 Å². The number of nitrogens with zero attached hydrogens (tertiary/aromatic N) is 2. The van der Waals surface area contributed by atoms with Crippen LogP contribution in [0.2, 0.25) is 0 Å². The lowest BCUT2D eigenvalue weighted by atomic mass is 10.1. The Kier molecular flexibility index (Phi) is 3.18. The molecule has 0 aliphatic heterocycles.